The van der Waals surface area contributed by atoms with E-state index in [2.05, 4.69) is 36.0 Å². The van der Waals surface area contributed by atoms with Crippen LogP contribution < -0.4 is 10.2 Å². The molecule has 3 rings (SSSR count). The summed E-state index contributed by atoms with van der Waals surface area (Å²) in [5.41, 5.74) is 2.18. The highest BCUT2D eigenvalue weighted by atomic mass is 16.1. The number of hydrogen-bond acceptors (Lipinski definition) is 5. The first-order valence-electron chi connectivity index (χ1n) is 15.0. The Hall–Kier alpha value is -2.44. The Morgan fingerprint density at radius 1 is 0.973 bits per heavy atom. The molecule has 1 N–H and O–H groups in total. The number of nitrogens with one attached hydrogen (secondary N) is 1. The van der Waals surface area contributed by atoms with E-state index in [1.165, 1.54) is 69.8 Å². The third-order valence-electron chi connectivity index (χ3n) is 7.69. The highest BCUT2D eigenvalue weighted by molar-refractivity contribution is 5.77. The molecule has 0 radical (unpaired) electrons. The fraction of sp³-hybridized carbons (Fsp3) is 0.733. The van der Waals surface area contributed by atoms with Gasteiger partial charge in [-0.3, -0.25) is 9.36 Å². The van der Waals surface area contributed by atoms with Gasteiger partial charge in [0.15, 0.2) is 0 Å². The van der Waals surface area contributed by atoms with E-state index < -0.39 is 0 Å². The maximum Gasteiger partial charge on any atom is 0.237 e. The Morgan fingerprint density at radius 3 is 2.32 bits per heavy atom. The molecule has 37 heavy (non-hydrogen) atoms. The number of hydrogen-bond donors (Lipinski definition) is 1. The van der Waals surface area contributed by atoms with E-state index in [1.54, 1.807) is 12.5 Å². The molecule has 1 amide bonds. The minimum atomic E-state index is 0.169. The van der Waals surface area contributed by atoms with E-state index in [1.807, 2.05) is 10.8 Å². The zero-order chi connectivity index (χ0) is 26.3. The largest absolute Gasteiger partial charge is 0.356 e. The van der Waals surface area contributed by atoms with Gasteiger partial charge >= 0.3 is 0 Å². The number of aryl methyl sites for hydroxylation is 1. The Morgan fingerprint density at radius 2 is 1.68 bits per heavy atom. The average molecular weight is 511 g/mol. The van der Waals surface area contributed by atoms with Crippen LogP contribution in [-0.2, 0) is 11.2 Å². The fourth-order valence-electron chi connectivity index (χ4n) is 5.51. The van der Waals surface area contributed by atoms with Crippen molar-refractivity contribution < 1.29 is 4.79 Å². The molecule has 2 aromatic heterocycles. The first kappa shape index (κ1) is 29.1. The predicted octanol–water partition coefficient (Wildman–Crippen LogP) is 6.71. The van der Waals surface area contributed by atoms with Gasteiger partial charge in [-0.25, -0.2) is 9.97 Å². The summed E-state index contributed by atoms with van der Waals surface area (Å²) in [6.45, 7) is 8.22. The molecule has 0 spiro atoms. The number of amides is 1. The van der Waals surface area contributed by atoms with Gasteiger partial charge in [0.25, 0.3) is 0 Å². The first-order valence-corrected chi connectivity index (χ1v) is 15.0. The van der Waals surface area contributed by atoms with E-state index >= 15 is 0 Å². The van der Waals surface area contributed by atoms with Crippen LogP contribution in [0.15, 0.2) is 18.7 Å². The molecule has 0 saturated carbocycles. The molecular weight excluding hydrogens is 460 g/mol. The molecule has 2 aromatic rings. The highest BCUT2D eigenvalue weighted by Gasteiger charge is 2.28. The predicted molar refractivity (Wildman–Crippen MR) is 152 cm³/mol. The average Bonchev–Trinajstić information content (AvgIpc) is 3.44. The molecule has 1 saturated heterocycles. The zero-order valence-corrected chi connectivity index (χ0v) is 23.7. The number of piperidine rings is 1. The van der Waals surface area contributed by atoms with Crippen molar-refractivity contribution in [3.8, 4) is 5.95 Å². The minimum Gasteiger partial charge on any atom is -0.356 e. The molecule has 1 atom stereocenters. The molecule has 0 aliphatic carbocycles. The normalized spacial score (nSPS) is 15.8. The lowest BCUT2D eigenvalue weighted by Crippen LogP contribution is -2.44. The Kier molecular flexibility index (Phi) is 12.9. The van der Waals surface area contributed by atoms with Gasteiger partial charge in [0.1, 0.15) is 12.1 Å². The van der Waals surface area contributed by atoms with Gasteiger partial charge in [-0.1, -0.05) is 78.1 Å². The van der Waals surface area contributed by atoms with Crippen LogP contribution in [-0.4, -0.2) is 44.6 Å². The molecule has 206 valence electrons. The summed E-state index contributed by atoms with van der Waals surface area (Å²) in [6.07, 6.45) is 24.6. The fourth-order valence-corrected chi connectivity index (χ4v) is 5.51. The van der Waals surface area contributed by atoms with Gasteiger partial charge < -0.3 is 10.2 Å². The van der Waals surface area contributed by atoms with Gasteiger partial charge in [-0.2, -0.15) is 4.98 Å². The van der Waals surface area contributed by atoms with Crippen LogP contribution in [0.1, 0.15) is 121 Å². The van der Waals surface area contributed by atoms with Crippen LogP contribution in [0.3, 0.4) is 0 Å². The van der Waals surface area contributed by atoms with Crippen molar-refractivity contribution >= 4 is 11.7 Å². The molecule has 1 aliphatic heterocycles. The maximum atomic E-state index is 12.9. The van der Waals surface area contributed by atoms with E-state index in [0.29, 0.717) is 12.4 Å². The van der Waals surface area contributed by atoms with Crippen molar-refractivity contribution in [1.29, 1.82) is 0 Å². The summed E-state index contributed by atoms with van der Waals surface area (Å²) < 4.78 is 1.86. The minimum absolute atomic E-state index is 0.169. The summed E-state index contributed by atoms with van der Waals surface area (Å²) in [4.78, 5) is 29.1. The Labute approximate surface area is 224 Å². The second-order valence-corrected chi connectivity index (χ2v) is 10.7. The maximum absolute atomic E-state index is 12.9. The number of nitrogens with zero attached hydrogens (tertiary/aromatic N) is 5. The third-order valence-corrected chi connectivity index (χ3v) is 7.69. The van der Waals surface area contributed by atoms with Crippen LogP contribution in [0.25, 0.3) is 5.95 Å². The number of unbranched alkanes of at least 4 members (excludes halogenated alkanes) is 10. The number of imidazole rings is 1. The van der Waals surface area contributed by atoms with Crippen molar-refractivity contribution in [1.82, 2.24) is 24.8 Å². The molecule has 0 bridgehead atoms. The first-order chi connectivity index (χ1) is 18.1. The molecule has 3 heterocycles. The summed E-state index contributed by atoms with van der Waals surface area (Å²) >= 11 is 0. The lowest BCUT2D eigenvalue weighted by Gasteiger charge is -2.37. The van der Waals surface area contributed by atoms with Gasteiger partial charge in [0, 0.05) is 49.2 Å². The monoisotopic (exact) mass is 510 g/mol. The summed E-state index contributed by atoms with van der Waals surface area (Å²) in [5.74, 6) is 1.80. The molecule has 1 aliphatic rings. The highest BCUT2D eigenvalue weighted by Crippen LogP contribution is 2.30. The van der Waals surface area contributed by atoms with Crippen LogP contribution >= 0.6 is 0 Å². The van der Waals surface area contributed by atoms with Gasteiger partial charge in [0.05, 0.1) is 0 Å². The Bertz CT molecular complexity index is 913. The van der Waals surface area contributed by atoms with E-state index in [4.69, 9.17) is 9.97 Å². The number of rotatable bonds is 17. The second kappa shape index (κ2) is 16.4. The van der Waals surface area contributed by atoms with Crippen molar-refractivity contribution in [3.63, 3.8) is 0 Å². The lowest BCUT2D eigenvalue weighted by molar-refractivity contribution is -0.121. The second-order valence-electron chi connectivity index (χ2n) is 10.7. The molecule has 1 fully saturated rings. The van der Waals surface area contributed by atoms with Gasteiger partial charge in [-0.05, 0) is 39.0 Å². The molecule has 0 aromatic carbocycles. The smallest absolute Gasteiger partial charge is 0.237 e. The molecule has 1 unspecified atom stereocenters. The molecular formula is C30H50N6O. The number of aromatic nitrogens is 4. The van der Waals surface area contributed by atoms with E-state index in [0.717, 1.165) is 56.7 Å². The number of carbonyl (C=O) groups excluding carboxylic acids is 1. The third kappa shape index (κ3) is 9.42. The van der Waals surface area contributed by atoms with Crippen molar-refractivity contribution in [2.45, 2.75) is 130 Å². The number of carbonyl (C=O) groups is 1. The molecule has 7 nitrogen and oxygen atoms in total. The van der Waals surface area contributed by atoms with Crippen LogP contribution in [0.2, 0.25) is 0 Å². The van der Waals surface area contributed by atoms with Crippen LogP contribution in [0, 0.1) is 6.92 Å². The van der Waals surface area contributed by atoms with E-state index in [9.17, 15) is 4.79 Å². The summed E-state index contributed by atoms with van der Waals surface area (Å²) in [6, 6.07) is 0.182. The summed E-state index contributed by atoms with van der Waals surface area (Å²) in [7, 11) is 0. The standard InChI is InChI=1S/C30H50N6O/c1-4-6-7-8-9-10-11-12-13-14-16-19-32-28(37)23-26-18-15-17-21-36(26)29-27(5-2)25(3)33-30(34-29)35-22-20-31-24-35/h20,22,24,26H,4-19,21,23H2,1-3H3,(H,32,37). The van der Waals surface area contributed by atoms with Crippen molar-refractivity contribution in [3.05, 3.63) is 30.0 Å². The SMILES string of the molecule is CCCCCCCCCCCCCNC(=O)CC1CCCCN1c1nc(-n2ccnc2)nc(C)c1CC. The van der Waals surface area contributed by atoms with E-state index in [-0.39, 0.29) is 11.9 Å². The quantitative estimate of drug-likeness (QED) is 0.239. The van der Waals surface area contributed by atoms with Crippen LogP contribution in [0.5, 0.6) is 0 Å². The zero-order valence-electron chi connectivity index (χ0n) is 23.7. The summed E-state index contributed by atoms with van der Waals surface area (Å²) in [5, 5.41) is 3.20. The Balaban J connectivity index is 1.44. The molecule has 7 heteroatoms. The lowest BCUT2D eigenvalue weighted by atomic mass is 9.97. The van der Waals surface area contributed by atoms with Gasteiger partial charge in [-0.15, -0.1) is 0 Å². The van der Waals surface area contributed by atoms with Crippen molar-refractivity contribution in [2.75, 3.05) is 18.0 Å². The van der Waals surface area contributed by atoms with Crippen molar-refractivity contribution in [2.24, 2.45) is 0 Å². The topological polar surface area (TPSA) is 75.9 Å². The number of anilines is 1. The van der Waals surface area contributed by atoms with Crippen LogP contribution in [0.4, 0.5) is 5.82 Å². The van der Waals surface area contributed by atoms with Gasteiger partial charge in [0.2, 0.25) is 11.9 Å².